The lowest BCUT2D eigenvalue weighted by Crippen LogP contribution is -2.25. The highest BCUT2D eigenvalue weighted by Crippen LogP contribution is 2.25. The number of anilines is 1. The van der Waals surface area contributed by atoms with Gasteiger partial charge in [-0.05, 0) is 13.3 Å². The molecule has 2 atom stereocenters. The smallest absolute Gasteiger partial charge is 0.324 e. The number of ether oxygens (including phenoxy) is 2. The van der Waals surface area contributed by atoms with Crippen molar-refractivity contribution in [1.29, 1.82) is 0 Å². The number of aliphatic hydroxyl groups is 1. The summed E-state index contributed by atoms with van der Waals surface area (Å²) in [5, 5.41) is 9.59. The van der Waals surface area contributed by atoms with Crippen molar-refractivity contribution in [2.24, 2.45) is 5.92 Å². The normalized spacial score (nSPS) is 20.9. The van der Waals surface area contributed by atoms with Gasteiger partial charge in [-0.15, -0.1) is 4.98 Å². The Labute approximate surface area is 106 Å². The van der Waals surface area contributed by atoms with Gasteiger partial charge in [0.2, 0.25) is 5.95 Å². The van der Waals surface area contributed by atoms with Gasteiger partial charge in [0.05, 0.1) is 20.3 Å². The Hall–Kier alpha value is -1.63. The Bertz CT molecular complexity index is 391. The molecule has 1 aromatic rings. The van der Waals surface area contributed by atoms with Crippen molar-refractivity contribution < 1.29 is 14.6 Å². The molecule has 0 spiro atoms. The molecule has 1 aromatic heterocycles. The molecule has 18 heavy (non-hydrogen) atoms. The molecule has 0 saturated carbocycles. The number of methoxy groups -OCH3 is 2. The minimum atomic E-state index is -0.319. The third-order valence-corrected chi connectivity index (χ3v) is 3.14. The summed E-state index contributed by atoms with van der Waals surface area (Å²) in [4.78, 5) is 14.3. The number of nitrogens with zero attached hydrogens (tertiary/aromatic N) is 4. The summed E-state index contributed by atoms with van der Waals surface area (Å²) in [6, 6.07) is 0.467. The van der Waals surface area contributed by atoms with Crippen LogP contribution in [0.15, 0.2) is 0 Å². The molecular weight excluding hydrogens is 236 g/mol. The molecule has 100 valence electrons. The third kappa shape index (κ3) is 2.61. The average molecular weight is 254 g/mol. The number of hydrogen-bond acceptors (Lipinski definition) is 7. The highest BCUT2D eigenvalue weighted by molar-refractivity contribution is 5.33. The van der Waals surface area contributed by atoms with Crippen LogP contribution in [-0.2, 0) is 0 Å². The fraction of sp³-hybridized carbons (Fsp3) is 0.727. The molecule has 0 amide bonds. The van der Waals surface area contributed by atoms with E-state index in [9.17, 15) is 5.11 Å². The van der Waals surface area contributed by atoms with E-state index in [-0.39, 0.29) is 24.0 Å². The molecular formula is C11H18N4O3. The molecule has 7 heteroatoms. The van der Waals surface area contributed by atoms with Crippen molar-refractivity contribution in [3.05, 3.63) is 0 Å². The van der Waals surface area contributed by atoms with E-state index in [2.05, 4.69) is 15.0 Å². The van der Waals surface area contributed by atoms with E-state index in [1.807, 2.05) is 11.8 Å². The van der Waals surface area contributed by atoms with Crippen LogP contribution in [0.1, 0.15) is 13.3 Å². The Morgan fingerprint density at radius 1 is 1.22 bits per heavy atom. The van der Waals surface area contributed by atoms with Gasteiger partial charge in [-0.1, -0.05) is 0 Å². The Balaban J connectivity index is 2.18. The summed E-state index contributed by atoms with van der Waals surface area (Å²) in [7, 11) is 3.00. The van der Waals surface area contributed by atoms with Crippen LogP contribution in [0, 0.1) is 5.92 Å². The zero-order valence-corrected chi connectivity index (χ0v) is 10.8. The van der Waals surface area contributed by atoms with Crippen molar-refractivity contribution >= 4 is 5.95 Å². The van der Waals surface area contributed by atoms with Crippen LogP contribution in [0.4, 0.5) is 5.95 Å². The lowest BCUT2D eigenvalue weighted by atomic mass is 10.0. The molecule has 2 heterocycles. The van der Waals surface area contributed by atoms with Gasteiger partial charge in [0.15, 0.2) is 0 Å². The Kier molecular flexibility index (Phi) is 3.81. The Morgan fingerprint density at radius 3 is 2.28 bits per heavy atom. The quantitative estimate of drug-likeness (QED) is 0.815. The van der Waals surface area contributed by atoms with E-state index < -0.39 is 0 Å². The van der Waals surface area contributed by atoms with Gasteiger partial charge in [0.25, 0.3) is 0 Å². The van der Waals surface area contributed by atoms with Gasteiger partial charge in [-0.3, -0.25) is 0 Å². The van der Waals surface area contributed by atoms with E-state index in [1.165, 1.54) is 14.2 Å². The first-order chi connectivity index (χ1) is 8.63. The van der Waals surface area contributed by atoms with Crippen LogP contribution in [0.25, 0.3) is 0 Å². The number of hydrogen-bond donors (Lipinski definition) is 1. The molecule has 2 unspecified atom stereocenters. The molecule has 1 aliphatic heterocycles. The van der Waals surface area contributed by atoms with Crippen LogP contribution in [0.3, 0.4) is 0 Å². The molecule has 1 fully saturated rings. The molecule has 0 aliphatic carbocycles. The largest absolute Gasteiger partial charge is 0.467 e. The second-order valence-electron chi connectivity index (χ2n) is 4.34. The molecule has 7 nitrogen and oxygen atoms in total. The third-order valence-electron chi connectivity index (χ3n) is 3.14. The predicted octanol–water partition coefficient (Wildman–Crippen LogP) is 0.0959. The molecule has 0 aromatic carbocycles. The van der Waals surface area contributed by atoms with Crippen molar-refractivity contribution in [3.8, 4) is 12.0 Å². The maximum atomic E-state index is 9.59. The van der Waals surface area contributed by atoms with Gasteiger partial charge >= 0.3 is 12.0 Å². The zero-order chi connectivity index (χ0) is 13.1. The van der Waals surface area contributed by atoms with Crippen molar-refractivity contribution in [1.82, 2.24) is 15.0 Å². The first kappa shape index (κ1) is 12.8. The lowest BCUT2D eigenvalue weighted by molar-refractivity contribution is 0.136. The van der Waals surface area contributed by atoms with E-state index in [0.29, 0.717) is 5.95 Å². The Morgan fingerprint density at radius 2 is 1.83 bits per heavy atom. The minimum Gasteiger partial charge on any atom is -0.467 e. The highest BCUT2D eigenvalue weighted by atomic mass is 16.5. The molecule has 0 radical (unpaired) electrons. The molecule has 1 aliphatic rings. The summed E-state index contributed by atoms with van der Waals surface area (Å²) in [5.74, 6) is 0.778. The van der Waals surface area contributed by atoms with E-state index in [1.54, 1.807) is 0 Å². The highest BCUT2D eigenvalue weighted by Gasteiger charge is 2.28. The van der Waals surface area contributed by atoms with E-state index in [0.717, 1.165) is 19.5 Å². The van der Waals surface area contributed by atoms with Crippen molar-refractivity contribution in [2.75, 3.05) is 32.2 Å². The fourth-order valence-corrected chi connectivity index (χ4v) is 2.01. The van der Waals surface area contributed by atoms with Crippen molar-refractivity contribution in [3.63, 3.8) is 0 Å². The number of aliphatic hydroxyl groups excluding tert-OH is 1. The first-order valence-electron chi connectivity index (χ1n) is 5.91. The summed E-state index contributed by atoms with van der Waals surface area (Å²) in [6.45, 7) is 3.35. The maximum Gasteiger partial charge on any atom is 0.324 e. The van der Waals surface area contributed by atoms with Crippen LogP contribution >= 0.6 is 0 Å². The van der Waals surface area contributed by atoms with Gasteiger partial charge in [0, 0.05) is 19.0 Å². The van der Waals surface area contributed by atoms with Crippen LogP contribution < -0.4 is 14.4 Å². The van der Waals surface area contributed by atoms with Crippen molar-refractivity contribution in [2.45, 2.75) is 19.4 Å². The average Bonchev–Trinajstić information content (AvgIpc) is 2.87. The number of aromatic nitrogens is 3. The fourth-order valence-electron chi connectivity index (χ4n) is 2.01. The molecule has 2 rings (SSSR count). The number of rotatable bonds is 4. The zero-order valence-electron chi connectivity index (χ0n) is 10.8. The van der Waals surface area contributed by atoms with Gasteiger partial charge in [0.1, 0.15) is 0 Å². The predicted molar refractivity (Wildman–Crippen MR) is 64.9 cm³/mol. The van der Waals surface area contributed by atoms with E-state index in [4.69, 9.17) is 9.47 Å². The molecule has 1 saturated heterocycles. The summed E-state index contributed by atoms with van der Waals surface area (Å²) in [5.41, 5.74) is 0. The monoisotopic (exact) mass is 254 g/mol. The molecule has 1 N–H and O–H groups in total. The van der Waals surface area contributed by atoms with Gasteiger partial charge < -0.3 is 19.5 Å². The van der Waals surface area contributed by atoms with Crippen LogP contribution in [-0.4, -0.2) is 53.5 Å². The minimum absolute atomic E-state index is 0.234. The second-order valence-corrected chi connectivity index (χ2v) is 4.34. The van der Waals surface area contributed by atoms with Gasteiger partial charge in [-0.2, -0.15) is 9.97 Å². The van der Waals surface area contributed by atoms with E-state index >= 15 is 0 Å². The first-order valence-corrected chi connectivity index (χ1v) is 5.91. The summed E-state index contributed by atoms with van der Waals surface area (Å²) >= 11 is 0. The molecule has 0 bridgehead atoms. The maximum absolute atomic E-state index is 9.59. The summed E-state index contributed by atoms with van der Waals surface area (Å²) < 4.78 is 10.0. The topological polar surface area (TPSA) is 80.6 Å². The second kappa shape index (κ2) is 5.34. The van der Waals surface area contributed by atoms with Gasteiger partial charge in [-0.25, -0.2) is 0 Å². The lowest BCUT2D eigenvalue weighted by Gasteiger charge is -2.17. The standard InChI is InChI=1S/C11H18N4O3/c1-7(16)8-4-5-15(6-8)9-12-10(17-2)14-11(13-9)18-3/h7-8,16H,4-6H2,1-3H3. The van der Waals surface area contributed by atoms with Crippen LogP contribution in [0.5, 0.6) is 12.0 Å². The SMILES string of the molecule is COc1nc(OC)nc(N2CCC(C(C)O)C2)n1. The van der Waals surface area contributed by atoms with Crippen LogP contribution in [0.2, 0.25) is 0 Å². The summed E-state index contributed by atoms with van der Waals surface area (Å²) in [6.07, 6.45) is 0.606.